The molecule has 1 atom stereocenters. The van der Waals surface area contributed by atoms with E-state index in [0.29, 0.717) is 4.48 Å². The van der Waals surface area contributed by atoms with Crippen LogP contribution in [0.5, 0.6) is 0 Å². The Bertz CT molecular complexity index is 184. The van der Waals surface area contributed by atoms with Crippen LogP contribution in [0.25, 0.3) is 0 Å². The Morgan fingerprint density at radius 2 is 1.85 bits per heavy atom. The molecule has 1 N–H and O–H groups in total. The van der Waals surface area contributed by atoms with E-state index >= 15 is 0 Å². The number of aliphatic carboxylic acids is 1. The van der Waals surface area contributed by atoms with Crippen molar-refractivity contribution in [3.05, 3.63) is 0 Å². The Kier molecular flexibility index (Phi) is 3.91. The molecule has 0 rings (SSSR count). The first-order valence-corrected chi connectivity index (χ1v) is 4.79. The van der Waals surface area contributed by atoms with Crippen molar-refractivity contribution in [2.75, 3.05) is 20.1 Å². The van der Waals surface area contributed by atoms with Gasteiger partial charge in [-0.3, -0.25) is 0 Å². The van der Waals surface area contributed by atoms with E-state index < -0.39 is 5.97 Å². The Morgan fingerprint density at radius 1 is 1.38 bits per heavy atom. The van der Waals surface area contributed by atoms with Gasteiger partial charge in [0.2, 0.25) is 0 Å². The predicted molar refractivity (Wildman–Crippen MR) is 53.6 cm³/mol. The van der Waals surface area contributed by atoms with E-state index in [-0.39, 0.29) is 12.1 Å². The fourth-order valence-electron chi connectivity index (χ4n) is 1.44. The molecule has 0 aromatic heterocycles. The fourth-order valence-corrected chi connectivity index (χ4v) is 1.44. The molecule has 0 aromatic rings. The van der Waals surface area contributed by atoms with Gasteiger partial charge in [0.1, 0.15) is 0 Å². The summed E-state index contributed by atoms with van der Waals surface area (Å²) in [5.74, 6) is -0.717. The number of likely N-dealkylation sites (N-methyl/N-ethyl adjacent to an activating group) is 1. The summed E-state index contributed by atoms with van der Waals surface area (Å²) < 4.78 is 0.596. The summed E-state index contributed by atoms with van der Waals surface area (Å²) in [4.78, 5) is 10.7. The summed E-state index contributed by atoms with van der Waals surface area (Å²) in [5, 5.41) is 8.82. The molecule has 0 saturated heterocycles. The van der Waals surface area contributed by atoms with Crippen molar-refractivity contribution >= 4 is 5.97 Å². The van der Waals surface area contributed by atoms with Crippen LogP contribution in [0.15, 0.2) is 0 Å². The molecule has 78 valence electrons. The number of carbonyl (C=O) groups is 1. The third kappa shape index (κ3) is 3.35. The van der Waals surface area contributed by atoms with Crippen molar-refractivity contribution < 1.29 is 14.4 Å². The van der Waals surface area contributed by atoms with Crippen LogP contribution in [0.4, 0.5) is 0 Å². The summed E-state index contributed by atoms with van der Waals surface area (Å²) in [7, 11) is 2.01. The van der Waals surface area contributed by atoms with E-state index in [1.165, 1.54) is 0 Å². The van der Waals surface area contributed by atoms with E-state index in [1.54, 1.807) is 0 Å². The molecule has 0 aliphatic rings. The molecule has 1 unspecified atom stereocenters. The smallest absolute Gasteiger partial charge is 0.359 e. The van der Waals surface area contributed by atoms with Crippen LogP contribution >= 0.6 is 0 Å². The lowest BCUT2D eigenvalue weighted by Crippen LogP contribution is -2.59. The SMILES string of the molecule is CCC[N+](C)(CC(=O)O)C(C)(C)C. The number of hydrogen-bond donors (Lipinski definition) is 1. The van der Waals surface area contributed by atoms with Gasteiger partial charge in [-0.25, -0.2) is 4.79 Å². The lowest BCUT2D eigenvalue weighted by Gasteiger charge is -2.44. The zero-order valence-electron chi connectivity index (χ0n) is 9.42. The van der Waals surface area contributed by atoms with Crippen molar-refractivity contribution in [2.45, 2.75) is 39.7 Å². The Hall–Kier alpha value is -0.570. The van der Waals surface area contributed by atoms with Gasteiger partial charge in [0.15, 0.2) is 6.54 Å². The summed E-state index contributed by atoms with van der Waals surface area (Å²) in [6.45, 7) is 9.47. The van der Waals surface area contributed by atoms with Crippen molar-refractivity contribution in [1.29, 1.82) is 0 Å². The summed E-state index contributed by atoms with van der Waals surface area (Å²) in [5.41, 5.74) is -0.00556. The third-order valence-corrected chi connectivity index (χ3v) is 2.82. The summed E-state index contributed by atoms with van der Waals surface area (Å²) >= 11 is 0. The van der Waals surface area contributed by atoms with Gasteiger partial charge < -0.3 is 9.59 Å². The van der Waals surface area contributed by atoms with Crippen LogP contribution < -0.4 is 0 Å². The number of hydrogen-bond acceptors (Lipinski definition) is 1. The lowest BCUT2D eigenvalue weighted by molar-refractivity contribution is -0.947. The Morgan fingerprint density at radius 3 is 2.08 bits per heavy atom. The topological polar surface area (TPSA) is 37.3 Å². The average molecular weight is 188 g/mol. The highest BCUT2D eigenvalue weighted by Crippen LogP contribution is 2.22. The van der Waals surface area contributed by atoms with Crippen LogP contribution in [-0.2, 0) is 4.79 Å². The first kappa shape index (κ1) is 12.4. The van der Waals surface area contributed by atoms with Crippen LogP contribution in [0.2, 0.25) is 0 Å². The highest BCUT2D eigenvalue weighted by atomic mass is 16.4. The molecule has 0 amide bonds. The molecule has 0 aliphatic carbocycles. The molecule has 0 heterocycles. The number of carboxylic acids is 1. The van der Waals surface area contributed by atoms with Gasteiger partial charge in [-0.2, -0.15) is 0 Å². The van der Waals surface area contributed by atoms with Crippen LogP contribution in [0, 0.1) is 0 Å². The van der Waals surface area contributed by atoms with Gasteiger partial charge in [-0.05, 0) is 27.2 Å². The fraction of sp³-hybridized carbons (Fsp3) is 0.900. The van der Waals surface area contributed by atoms with E-state index in [9.17, 15) is 4.79 Å². The molecule has 0 bridgehead atoms. The van der Waals surface area contributed by atoms with Crippen LogP contribution in [0.1, 0.15) is 34.1 Å². The monoisotopic (exact) mass is 188 g/mol. The number of nitrogens with zero attached hydrogens (tertiary/aromatic N) is 1. The maximum Gasteiger partial charge on any atom is 0.359 e. The van der Waals surface area contributed by atoms with E-state index in [1.807, 2.05) is 7.05 Å². The first-order chi connectivity index (χ1) is 5.73. The van der Waals surface area contributed by atoms with E-state index in [2.05, 4.69) is 27.7 Å². The molecule has 3 nitrogen and oxygen atoms in total. The normalized spacial score (nSPS) is 16.7. The van der Waals surface area contributed by atoms with Crippen LogP contribution in [-0.4, -0.2) is 41.2 Å². The number of rotatable bonds is 4. The zero-order chi connectivity index (χ0) is 10.7. The molecule has 0 fully saturated rings. The van der Waals surface area contributed by atoms with Gasteiger partial charge in [-0.15, -0.1) is 0 Å². The molecule has 0 spiro atoms. The molecular formula is C10H22NO2+. The Balaban J connectivity index is 4.62. The largest absolute Gasteiger partial charge is 0.477 e. The minimum Gasteiger partial charge on any atom is -0.477 e. The average Bonchev–Trinajstić information content (AvgIpc) is 1.82. The second-order valence-electron chi connectivity index (χ2n) is 4.84. The minimum atomic E-state index is -0.717. The van der Waals surface area contributed by atoms with Crippen molar-refractivity contribution in [3.8, 4) is 0 Å². The van der Waals surface area contributed by atoms with Gasteiger partial charge in [-0.1, -0.05) is 6.92 Å². The zero-order valence-corrected chi connectivity index (χ0v) is 9.42. The highest BCUT2D eigenvalue weighted by Gasteiger charge is 2.36. The third-order valence-electron chi connectivity index (χ3n) is 2.82. The maximum absolute atomic E-state index is 10.7. The maximum atomic E-state index is 10.7. The first-order valence-electron chi connectivity index (χ1n) is 4.79. The molecule has 3 heteroatoms. The van der Waals surface area contributed by atoms with Crippen molar-refractivity contribution in [2.24, 2.45) is 0 Å². The van der Waals surface area contributed by atoms with Gasteiger partial charge in [0, 0.05) is 0 Å². The molecular weight excluding hydrogens is 166 g/mol. The van der Waals surface area contributed by atoms with Crippen molar-refractivity contribution in [1.82, 2.24) is 0 Å². The van der Waals surface area contributed by atoms with Crippen LogP contribution in [0.3, 0.4) is 0 Å². The summed E-state index contributed by atoms with van der Waals surface area (Å²) in [6.07, 6.45) is 1.01. The second kappa shape index (κ2) is 4.09. The Labute approximate surface area is 80.9 Å². The second-order valence-corrected chi connectivity index (χ2v) is 4.84. The predicted octanol–water partition coefficient (Wildman–Crippen LogP) is 1.73. The van der Waals surface area contributed by atoms with Gasteiger partial charge in [0.05, 0.1) is 19.1 Å². The molecule has 13 heavy (non-hydrogen) atoms. The quantitative estimate of drug-likeness (QED) is 0.682. The molecule has 0 aliphatic heterocycles. The number of carboxylic acid groups (broad SMARTS) is 1. The molecule has 0 aromatic carbocycles. The summed E-state index contributed by atoms with van der Waals surface area (Å²) in [6, 6.07) is 0. The highest BCUT2D eigenvalue weighted by molar-refractivity contribution is 5.68. The van der Waals surface area contributed by atoms with Crippen molar-refractivity contribution in [3.63, 3.8) is 0 Å². The lowest BCUT2D eigenvalue weighted by atomic mass is 10.0. The van der Waals surface area contributed by atoms with Gasteiger partial charge >= 0.3 is 5.97 Å². The molecule has 0 radical (unpaired) electrons. The van der Waals surface area contributed by atoms with Gasteiger partial charge in [0.25, 0.3) is 0 Å². The van der Waals surface area contributed by atoms with E-state index in [0.717, 1.165) is 13.0 Å². The molecule has 0 saturated carbocycles. The number of quaternary nitrogens is 1. The standard InChI is InChI=1S/C10H21NO2/c1-6-7-11(5,8-9(12)13)10(2,3)4/h6-8H2,1-5H3/p+1. The van der Waals surface area contributed by atoms with E-state index in [4.69, 9.17) is 5.11 Å². The minimum absolute atomic E-state index is 0.00556.